The Labute approximate surface area is 131 Å². The number of nitrogens with zero attached hydrogens (tertiary/aromatic N) is 2. The molecule has 106 valence electrons. The third kappa shape index (κ3) is 2.21. The van der Waals surface area contributed by atoms with E-state index < -0.39 is 0 Å². The lowest BCUT2D eigenvalue weighted by atomic mass is 10.1. The Balaban J connectivity index is 1.97. The standard InChI is InChI=1S/C14H16IN3O2/c1-8-13(15)14(16)18(17-8)9(2)10-3-4-11-12(7-10)20-6-5-19-11/h3-4,7,9H,5-6,16H2,1-2H3. The van der Waals surface area contributed by atoms with E-state index in [2.05, 4.69) is 34.6 Å². The molecule has 1 atom stereocenters. The number of nitrogen functional groups attached to an aromatic ring is 1. The molecule has 2 aromatic rings. The van der Waals surface area contributed by atoms with Gasteiger partial charge in [0.15, 0.2) is 11.5 Å². The number of halogens is 1. The first-order chi connectivity index (χ1) is 9.58. The molecule has 2 N–H and O–H groups in total. The van der Waals surface area contributed by atoms with Crippen molar-refractivity contribution < 1.29 is 9.47 Å². The molecule has 0 fully saturated rings. The minimum Gasteiger partial charge on any atom is -0.486 e. The summed E-state index contributed by atoms with van der Waals surface area (Å²) in [7, 11) is 0. The highest BCUT2D eigenvalue weighted by atomic mass is 127. The summed E-state index contributed by atoms with van der Waals surface area (Å²) >= 11 is 2.22. The summed E-state index contributed by atoms with van der Waals surface area (Å²) in [4.78, 5) is 0. The second-order valence-electron chi connectivity index (χ2n) is 4.81. The Hall–Kier alpha value is -1.44. The van der Waals surface area contributed by atoms with Crippen LogP contribution in [0.1, 0.15) is 24.2 Å². The molecule has 1 aromatic carbocycles. The monoisotopic (exact) mass is 385 g/mol. The second kappa shape index (κ2) is 5.16. The van der Waals surface area contributed by atoms with Crippen LogP contribution in [0, 0.1) is 10.5 Å². The fourth-order valence-electron chi connectivity index (χ4n) is 2.30. The number of benzene rings is 1. The van der Waals surface area contributed by atoms with Crippen LogP contribution < -0.4 is 15.2 Å². The van der Waals surface area contributed by atoms with E-state index in [4.69, 9.17) is 15.2 Å². The van der Waals surface area contributed by atoms with Gasteiger partial charge >= 0.3 is 0 Å². The zero-order chi connectivity index (χ0) is 14.3. The average Bonchev–Trinajstić information content (AvgIpc) is 2.73. The predicted molar refractivity (Wildman–Crippen MR) is 85.3 cm³/mol. The normalized spacial score (nSPS) is 15.2. The van der Waals surface area contributed by atoms with Crippen molar-refractivity contribution >= 4 is 28.4 Å². The molecule has 1 aliphatic rings. The topological polar surface area (TPSA) is 62.3 Å². The van der Waals surface area contributed by atoms with Crippen molar-refractivity contribution in [3.8, 4) is 11.5 Å². The summed E-state index contributed by atoms with van der Waals surface area (Å²) < 4.78 is 14.0. The molecule has 0 saturated heterocycles. The van der Waals surface area contributed by atoms with Crippen LogP contribution in [0.5, 0.6) is 11.5 Å². The van der Waals surface area contributed by atoms with E-state index in [1.54, 1.807) is 0 Å². The lowest BCUT2D eigenvalue weighted by molar-refractivity contribution is 0.171. The van der Waals surface area contributed by atoms with Crippen molar-refractivity contribution in [2.75, 3.05) is 18.9 Å². The fraction of sp³-hybridized carbons (Fsp3) is 0.357. The number of fused-ring (bicyclic) bond motifs is 1. The largest absolute Gasteiger partial charge is 0.486 e. The Morgan fingerprint density at radius 3 is 2.65 bits per heavy atom. The van der Waals surface area contributed by atoms with Gasteiger partial charge in [0.05, 0.1) is 15.3 Å². The van der Waals surface area contributed by atoms with E-state index in [0.717, 1.165) is 26.3 Å². The first-order valence-corrected chi connectivity index (χ1v) is 7.55. The summed E-state index contributed by atoms with van der Waals surface area (Å²) in [5.41, 5.74) is 8.16. The van der Waals surface area contributed by atoms with Gasteiger partial charge in [-0.1, -0.05) is 6.07 Å². The summed E-state index contributed by atoms with van der Waals surface area (Å²) in [5.74, 6) is 2.29. The molecule has 6 heteroatoms. The van der Waals surface area contributed by atoms with Crippen molar-refractivity contribution in [1.82, 2.24) is 9.78 Å². The van der Waals surface area contributed by atoms with E-state index in [1.807, 2.05) is 29.8 Å². The Kier molecular flexibility index (Phi) is 3.49. The van der Waals surface area contributed by atoms with Crippen molar-refractivity contribution in [2.45, 2.75) is 19.9 Å². The van der Waals surface area contributed by atoms with E-state index in [-0.39, 0.29) is 6.04 Å². The molecule has 1 aromatic heterocycles. The molecule has 0 spiro atoms. The van der Waals surface area contributed by atoms with E-state index in [1.165, 1.54) is 0 Å². The van der Waals surface area contributed by atoms with Crippen molar-refractivity contribution in [2.24, 2.45) is 0 Å². The molecule has 2 heterocycles. The number of hydrogen-bond acceptors (Lipinski definition) is 4. The second-order valence-corrected chi connectivity index (χ2v) is 5.89. The number of anilines is 1. The van der Waals surface area contributed by atoms with Crippen LogP contribution in [0.3, 0.4) is 0 Å². The average molecular weight is 385 g/mol. The van der Waals surface area contributed by atoms with E-state index in [9.17, 15) is 0 Å². The number of hydrogen-bond donors (Lipinski definition) is 1. The van der Waals surface area contributed by atoms with Crippen LogP contribution in [0.15, 0.2) is 18.2 Å². The minimum atomic E-state index is 0.0491. The van der Waals surface area contributed by atoms with Crippen LogP contribution in [-0.4, -0.2) is 23.0 Å². The predicted octanol–water partition coefficient (Wildman–Crippen LogP) is 2.76. The molecule has 3 rings (SSSR count). The van der Waals surface area contributed by atoms with Gasteiger partial charge in [0, 0.05) is 0 Å². The van der Waals surface area contributed by atoms with Gasteiger partial charge in [0.1, 0.15) is 19.0 Å². The van der Waals surface area contributed by atoms with Crippen molar-refractivity contribution in [1.29, 1.82) is 0 Å². The van der Waals surface area contributed by atoms with Gasteiger partial charge in [0.2, 0.25) is 0 Å². The molecule has 0 aliphatic carbocycles. The molecule has 1 aliphatic heterocycles. The minimum absolute atomic E-state index is 0.0491. The zero-order valence-electron chi connectivity index (χ0n) is 11.4. The van der Waals surface area contributed by atoms with Crippen LogP contribution in [0.4, 0.5) is 5.82 Å². The molecular formula is C14H16IN3O2. The Bertz CT molecular complexity index is 654. The third-order valence-electron chi connectivity index (χ3n) is 3.46. The number of aromatic nitrogens is 2. The lowest BCUT2D eigenvalue weighted by Gasteiger charge is -2.21. The third-order valence-corrected chi connectivity index (χ3v) is 4.80. The molecule has 1 unspecified atom stereocenters. The summed E-state index contributed by atoms with van der Waals surface area (Å²) in [6.45, 7) is 5.23. The maximum atomic E-state index is 6.12. The van der Waals surface area contributed by atoms with Gasteiger partial charge in [0.25, 0.3) is 0 Å². The molecule has 0 saturated carbocycles. The molecule has 5 nitrogen and oxygen atoms in total. The van der Waals surface area contributed by atoms with Gasteiger partial charge in [-0.3, -0.25) is 0 Å². The van der Waals surface area contributed by atoms with Gasteiger partial charge in [-0.2, -0.15) is 5.10 Å². The Morgan fingerprint density at radius 1 is 1.30 bits per heavy atom. The number of rotatable bonds is 2. The van der Waals surface area contributed by atoms with Gasteiger partial charge in [-0.05, 0) is 54.1 Å². The maximum absolute atomic E-state index is 6.12. The fourth-order valence-corrected chi connectivity index (χ4v) is 2.66. The molecule has 20 heavy (non-hydrogen) atoms. The zero-order valence-corrected chi connectivity index (χ0v) is 13.5. The Morgan fingerprint density at radius 2 is 2.00 bits per heavy atom. The van der Waals surface area contributed by atoms with Gasteiger partial charge in [-0.25, -0.2) is 4.68 Å². The maximum Gasteiger partial charge on any atom is 0.161 e. The first-order valence-electron chi connectivity index (χ1n) is 6.47. The van der Waals surface area contributed by atoms with Crippen molar-refractivity contribution in [3.05, 3.63) is 33.0 Å². The van der Waals surface area contributed by atoms with Crippen LogP contribution in [0.25, 0.3) is 0 Å². The van der Waals surface area contributed by atoms with E-state index >= 15 is 0 Å². The number of nitrogens with two attached hydrogens (primary N) is 1. The highest BCUT2D eigenvalue weighted by Gasteiger charge is 2.19. The van der Waals surface area contributed by atoms with E-state index in [0.29, 0.717) is 19.0 Å². The first kappa shape index (κ1) is 13.5. The van der Waals surface area contributed by atoms with Crippen LogP contribution in [0.2, 0.25) is 0 Å². The highest BCUT2D eigenvalue weighted by molar-refractivity contribution is 14.1. The highest BCUT2D eigenvalue weighted by Crippen LogP contribution is 2.34. The summed E-state index contributed by atoms with van der Waals surface area (Å²) in [6, 6.07) is 6.02. The van der Waals surface area contributed by atoms with Crippen LogP contribution in [-0.2, 0) is 0 Å². The number of aryl methyl sites for hydroxylation is 1. The number of ether oxygens (including phenoxy) is 2. The van der Waals surface area contributed by atoms with Gasteiger partial charge < -0.3 is 15.2 Å². The smallest absolute Gasteiger partial charge is 0.161 e. The van der Waals surface area contributed by atoms with Gasteiger partial charge in [-0.15, -0.1) is 0 Å². The SMILES string of the molecule is Cc1nn(C(C)c2ccc3c(c2)OCCO3)c(N)c1I. The molecule has 0 radical (unpaired) electrons. The quantitative estimate of drug-likeness (QED) is 0.808. The lowest BCUT2D eigenvalue weighted by Crippen LogP contribution is -2.16. The molecule has 0 amide bonds. The molecule has 0 bridgehead atoms. The molecular weight excluding hydrogens is 369 g/mol. The summed E-state index contributed by atoms with van der Waals surface area (Å²) in [5, 5.41) is 4.51. The van der Waals surface area contributed by atoms with Crippen molar-refractivity contribution in [3.63, 3.8) is 0 Å². The van der Waals surface area contributed by atoms with Crippen LogP contribution >= 0.6 is 22.6 Å². The summed E-state index contributed by atoms with van der Waals surface area (Å²) in [6.07, 6.45) is 0.